The summed E-state index contributed by atoms with van der Waals surface area (Å²) < 4.78 is 34.5. The first kappa shape index (κ1) is 98.1. The SMILES string of the molecule is CC/C=C\C/C=C\C/C=C\C/C=C\C/C=C\C/C=C\C/C=C\C/C=C\C/C=C\CCCCCCCCCC(=O)NC(COC1OC(CO)C(OC2OC(CO)C(OC3OC(CO)C(O)C(O)C3O)C(O)C2O)C(O)C1O)C(O)/C=C/CC/C=C/CCCCCCCCCCCCCCCCCCCCCCCC. The second-order valence-electron chi connectivity index (χ2n) is 29.6. The first-order valence-corrected chi connectivity index (χ1v) is 42.4. The highest BCUT2D eigenvalue weighted by Crippen LogP contribution is 2.33. The van der Waals surface area contributed by atoms with E-state index in [0.717, 1.165) is 122 Å². The van der Waals surface area contributed by atoms with Crippen molar-refractivity contribution in [3.8, 4) is 0 Å². The zero-order chi connectivity index (χ0) is 78.1. The largest absolute Gasteiger partial charge is 0.394 e. The summed E-state index contributed by atoms with van der Waals surface area (Å²) in [5.74, 6) is -0.300. The monoisotopic (exact) mass is 1520 g/mol. The summed E-state index contributed by atoms with van der Waals surface area (Å²) >= 11 is 0. The third kappa shape index (κ3) is 46.2. The number of ether oxygens (including phenoxy) is 6. The van der Waals surface area contributed by atoms with Gasteiger partial charge >= 0.3 is 0 Å². The van der Waals surface area contributed by atoms with Crippen LogP contribution in [0.15, 0.2) is 134 Å². The van der Waals surface area contributed by atoms with Gasteiger partial charge in [0.1, 0.15) is 73.2 Å². The van der Waals surface area contributed by atoms with Gasteiger partial charge in [-0.05, 0) is 103 Å². The van der Waals surface area contributed by atoms with E-state index >= 15 is 0 Å². The fraction of sp³-hybridized carbons (Fsp3) is 0.742. The summed E-state index contributed by atoms with van der Waals surface area (Å²) in [4.78, 5) is 13.5. The lowest BCUT2D eigenvalue weighted by Gasteiger charge is -2.48. The minimum atomic E-state index is -1.99. The van der Waals surface area contributed by atoms with Gasteiger partial charge in [0.15, 0.2) is 18.9 Å². The molecule has 0 aromatic carbocycles. The van der Waals surface area contributed by atoms with Crippen LogP contribution in [0.4, 0.5) is 0 Å². The van der Waals surface area contributed by atoms with Gasteiger partial charge in [0.25, 0.3) is 0 Å². The molecule has 3 saturated heterocycles. The van der Waals surface area contributed by atoms with Crippen molar-refractivity contribution >= 4 is 5.91 Å². The number of hydrogen-bond acceptors (Lipinski definition) is 18. The molecule has 19 nitrogen and oxygen atoms in total. The van der Waals surface area contributed by atoms with Crippen LogP contribution in [0, 0.1) is 0 Å². The Morgan fingerprint density at radius 3 is 1.04 bits per heavy atom. The molecule has 17 unspecified atom stereocenters. The van der Waals surface area contributed by atoms with Crippen molar-refractivity contribution in [2.45, 2.75) is 394 Å². The molecule has 3 fully saturated rings. The maximum atomic E-state index is 13.5. The average molecular weight is 1520 g/mol. The summed E-state index contributed by atoms with van der Waals surface area (Å²) in [6.07, 6.45) is 70.1. The quantitative estimate of drug-likeness (QED) is 0.0199. The first-order valence-electron chi connectivity index (χ1n) is 42.4. The molecule has 0 aromatic heterocycles. The molecule has 19 heteroatoms. The number of aliphatic hydroxyl groups excluding tert-OH is 11. The molecule has 12 N–H and O–H groups in total. The maximum Gasteiger partial charge on any atom is 0.220 e. The standard InChI is InChI=1S/C89H151NO18/c1-3-5-7-9-11-13-15-17-19-21-23-25-27-29-31-33-34-35-36-37-38-39-41-43-45-47-49-51-53-55-57-59-61-63-65-67-77(95)90-72(73(94)66-64-62-60-58-56-54-52-50-48-46-44-42-40-32-30-28-26-24-22-20-18-16-14-12-10-8-6-4-2)71-103-87-83(101)80(98)85(75(69-92)105-87)108-89-84(102)81(99)86(76(70-93)106-89)107-88-82(100)79(97)78(96)74(68-91)104-88/h5,7,11,13,17,19,23,25,29,31,34-35,37-38,41,43,47,49,56,58,64,66,72-76,78-89,91-94,96-102H,3-4,6,8-10,12,14-16,18,20-22,24,26-28,30,32-33,36,39-40,42,44-46,48,50-55,57,59-63,65,67-71H2,1-2H3,(H,90,95)/b7-5-,13-11-,19-17-,25-23-,31-29-,35-34-,38-37-,43-41-,49-47-,58-56+,66-64+. The smallest absolute Gasteiger partial charge is 0.220 e. The minimum Gasteiger partial charge on any atom is -0.394 e. The highest BCUT2D eigenvalue weighted by molar-refractivity contribution is 5.76. The van der Waals surface area contributed by atoms with Crippen molar-refractivity contribution in [2.75, 3.05) is 26.4 Å². The number of nitrogens with one attached hydrogen (secondary N) is 1. The van der Waals surface area contributed by atoms with E-state index < -0.39 is 124 Å². The van der Waals surface area contributed by atoms with E-state index in [4.69, 9.17) is 28.4 Å². The lowest BCUT2D eigenvalue weighted by Crippen LogP contribution is -2.66. The van der Waals surface area contributed by atoms with Gasteiger partial charge in [0.2, 0.25) is 5.91 Å². The molecule has 0 aliphatic carbocycles. The summed E-state index contributed by atoms with van der Waals surface area (Å²) in [6.45, 7) is 1.61. The number of carbonyl (C=O) groups is 1. The lowest BCUT2D eigenvalue weighted by molar-refractivity contribution is -0.379. The molecule has 108 heavy (non-hydrogen) atoms. The summed E-state index contributed by atoms with van der Waals surface area (Å²) in [5.41, 5.74) is 0. The molecule has 0 saturated carbocycles. The highest BCUT2D eigenvalue weighted by Gasteiger charge is 2.54. The Morgan fingerprint density at radius 2 is 0.648 bits per heavy atom. The van der Waals surface area contributed by atoms with Crippen LogP contribution in [-0.2, 0) is 33.2 Å². The average Bonchev–Trinajstić information content (AvgIpc) is 0.774. The molecule has 1 amide bonds. The van der Waals surface area contributed by atoms with Crippen LogP contribution in [0.2, 0.25) is 0 Å². The predicted octanol–water partition coefficient (Wildman–Crippen LogP) is 15.2. The van der Waals surface area contributed by atoms with Crippen LogP contribution in [0.25, 0.3) is 0 Å². The van der Waals surface area contributed by atoms with E-state index in [9.17, 15) is 61.0 Å². The van der Waals surface area contributed by atoms with Crippen LogP contribution in [0.5, 0.6) is 0 Å². The Morgan fingerprint density at radius 1 is 0.343 bits per heavy atom. The molecule has 3 rings (SSSR count). The maximum absolute atomic E-state index is 13.5. The van der Waals surface area contributed by atoms with Crippen molar-refractivity contribution in [3.05, 3.63) is 134 Å². The van der Waals surface area contributed by atoms with Crippen molar-refractivity contribution in [1.29, 1.82) is 0 Å². The predicted molar refractivity (Wildman–Crippen MR) is 433 cm³/mol. The number of carbonyl (C=O) groups excluding carboxylic acids is 1. The van der Waals surface area contributed by atoms with Crippen molar-refractivity contribution in [1.82, 2.24) is 5.32 Å². The highest BCUT2D eigenvalue weighted by atomic mass is 16.8. The molecule has 0 radical (unpaired) electrons. The van der Waals surface area contributed by atoms with Crippen molar-refractivity contribution < 1.29 is 89.4 Å². The number of aliphatic hydroxyl groups is 11. The molecule has 3 aliphatic heterocycles. The van der Waals surface area contributed by atoms with E-state index in [-0.39, 0.29) is 18.9 Å². The number of hydrogen-bond donors (Lipinski definition) is 12. The number of allylic oxidation sites excluding steroid dienone is 21. The van der Waals surface area contributed by atoms with Crippen LogP contribution in [0.3, 0.4) is 0 Å². The zero-order valence-electron chi connectivity index (χ0n) is 66.5. The Labute approximate surface area is 651 Å². The van der Waals surface area contributed by atoms with Crippen molar-refractivity contribution in [2.24, 2.45) is 0 Å². The van der Waals surface area contributed by atoms with Crippen LogP contribution < -0.4 is 5.32 Å². The second kappa shape index (κ2) is 67.4. The van der Waals surface area contributed by atoms with Gasteiger partial charge < -0.3 is 89.9 Å². The zero-order valence-corrected chi connectivity index (χ0v) is 66.5. The van der Waals surface area contributed by atoms with Crippen molar-refractivity contribution in [3.63, 3.8) is 0 Å². The molecule has 17 atom stereocenters. The third-order valence-corrected chi connectivity index (χ3v) is 20.2. The lowest BCUT2D eigenvalue weighted by atomic mass is 9.96. The van der Waals surface area contributed by atoms with E-state index in [1.165, 1.54) is 135 Å². The molecular formula is C89H151NO18. The first-order chi connectivity index (χ1) is 52.8. The van der Waals surface area contributed by atoms with E-state index in [1.54, 1.807) is 6.08 Å². The van der Waals surface area contributed by atoms with Crippen LogP contribution in [0.1, 0.15) is 290 Å². The molecular weight excluding hydrogens is 1370 g/mol. The van der Waals surface area contributed by atoms with Crippen LogP contribution >= 0.6 is 0 Å². The molecule has 3 aliphatic rings. The summed E-state index contributed by atoms with van der Waals surface area (Å²) in [6, 6.07) is -1.01. The van der Waals surface area contributed by atoms with Gasteiger partial charge in [-0.1, -0.05) is 314 Å². The van der Waals surface area contributed by atoms with Gasteiger partial charge in [0.05, 0.1) is 38.6 Å². The topological polar surface area (TPSA) is 307 Å². The Bertz CT molecular complexity index is 2470. The van der Waals surface area contributed by atoms with E-state index in [1.807, 2.05) is 6.08 Å². The number of rotatable bonds is 66. The van der Waals surface area contributed by atoms with Gasteiger partial charge in [-0.3, -0.25) is 4.79 Å². The van der Waals surface area contributed by atoms with E-state index in [0.29, 0.717) is 12.8 Å². The molecule has 3 heterocycles. The fourth-order valence-electron chi connectivity index (χ4n) is 13.4. The number of amides is 1. The Balaban J connectivity index is 1.38. The molecule has 0 bridgehead atoms. The molecule has 0 spiro atoms. The number of unbranched alkanes of at least 4 members (excludes halogenated alkanes) is 30. The second-order valence-corrected chi connectivity index (χ2v) is 29.6. The summed E-state index contributed by atoms with van der Waals surface area (Å²) in [7, 11) is 0. The fourth-order valence-corrected chi connectivity index (χ4v) is 13.4. The van der Waals surface area contributed by atoms with Crippen LogP contribution in [-0.4, -0.2) is 193 Å². The Hall–Kier alpha value is -4.07. The van der Waals surface area contributed by atoms with Gasteiger partial charge in [-0.2, -0.15) is 0 Å². The normalized spacial score (nSPS) is 26.1. The molecule has 0 aromatic rings. The minimum absolute atomic E-state index is 0.214. The summed E-state index contributed by atoms with van der Waals surface area (Å²) in [5, 5.41) is 121. The Kier molecular flexibility index (Phi) is 61.3. The molecule has 620 valence electrons. The van der Waals surface area contributed by atoms with Gasteiger partial charge in [0, 0.05) is 6.42 Å². The van der Waals surface area contributed by atoms with E-state index in [2.05, 4.69) is 141 Å². The third-order valence-electron chi connectivity index (χ3n) is 20.2. The van der Waals surface area contributed by atoms with Gasteiger partial charge in [-0.25, -0.2) is 0 Å². The van der Waals surface area contributed by atoms with Gasteiger partial charge in [-0.15, -0.1) is 0 Å².